The van der Waals surface area contributed by atoms with Gasteiger partial charge in [-0.05, 0) is 35.5 Å². The molecular formula is C16H11Cl2F2N5O2. The molecule has 0 aliphatic carbocycles. The van der Waals surface area contributed by atoms with E-state index in [0.29, 0.717) is 22.1 Å². The number of benzene rings is 2. The van der Waals surface area contributed by atoms with Gasteiger partial charge in [-0.3, -0.25) is 4.79 Å². The Morgan fingerprint density at radius 2 is 2.04 bits per heavy atom. The van der Waals surface area contributed by atoms with Crippen LogP contribution in [0.2, 0.25) is 10.0 Å². The van der Waals surface area contributed by atoms with Crippen molar-refractivity contribution in [2.45, 2.75) is 13.2 Å². The van der Waals surface area contributed by atoms with Crippen LogP contribution in [0.3, 0.4) is 0 Å². The van der Waals surface area contributed by atoms with Crippen LogP contribution in [0.1, 0.15) is 0 Å². The maximum atomic E-state index is 12.2. The van der Waals surface area contributed by atoms with Gasteiger partial charge in [0.1, 0.15) is 12.3 Å². The Hall–Kier alpha value is -2.78. The number of rotatable bonds is 6. The minimum absolute atomic E-state index is 0.0600. The van der Waals surface area contributed by atoms with E-state index in [2.05, 4.69) is 25.5 Å². The molecule has 0 saturated carbocycles. The van der Waals surface area contributed by atoms with Crippen LogP contribution in [0.25, 0.3) is 11.4 Å². The van der Waals surface area contributed by atoms with Crippen LogP contribution < -0.4 is 10.1 Å². The minimum Gasteiger partial charge on any atom is -0.433 e. The molecule has 0 radical (unpaired) electrons. The lowest BCUT2D eigenvalue weighted by molar-refractivity contribution is -0.117. The van der Waals surface area contributed by atoms with E-state index in [1.165, 1.54) is 18.2 Å². The predicted octanol–water partition coefficient (Wildman–Crippen LogP) is 3.89. The molecule has 1 aromatic heterocycles. The molecule has 0 aliphatic heterocycles. The highest BCUT2D eigenvalue weighted by Gasteiger charge is 2.12. The van der Waals surface area contributed by atoms with Gasteiger partial charge in [0.05, 0.1) is 5.02 Å². The molecule has 0 unspecified atom stereocenters. The summed E-state index contributed by atoms with van der Waals surface area (Å²) >= 11 is 11.8. The number of amides is 1. The van der Waals surface area contributed by atoms with Crippen molar-refractivity contribution >= 4 is 34.8 Å². The third-order valence-electron chi connectivity index (χ3n) is 3.25. The van der Waals surface area contributed by atoms with Gasteiger partial charge >= 0.3 is 6.61 Å². The van der Waals surface area contributed by atoms with Gasteiger partial charge in [-0.25, -0.2) is 0 Å². The molecule has 3 rings (SSSR count). The molecule has 0 saturated heterocycles. The monoisotopic (exact) mass is 413 g/mol. The smallest absolute Gasteiger partial charge is 0.387 e. The SMILES string of the molecule is O=C(Cn1nnc(-c2cccc(Cl)c2)n1)Nc1ccc(OC(F)F)c(Cl)c1. The summed E-state index contributed by atoms with van der Waals surface area (Å²) in [4.78, 5) is 13.2. The van der Waals surface area contributed by atoms with Gasteiger partial charge in [-0.1, -0.05) is 35.3 Å². The maximum absolute atomic E-state index is 12.2. The highest BCUT2D eigenvalue weighted by atomic mass is 35.5. The topological polar surface area (TPSA) is 81.9 Å². The van der Waals surface area contributed by atoms with E-state index in [1.54, 1.807) is 24.3 Å². The first kappa shape index (κ1) is 19.0. The molecule has 7 nitrogen and oxygen atoms in total. The molecular weight excluding hydrogens is 403 g/mol. The first-order valence-electron chi connectivity index (χ1n) is 7.48. The maximum Gasteiger partial charge on any atom is 0.387 e. The number of anilines is 1. The third kappa shape index (κ3) is 5.11. The average Bonchev–Trinajstić information content (AvgIpc) is 3.05. The lowest BCUT2D eigenvalue weighted by Crippen LogP contribution is -2.20. The quantitative estimate of drug-likeness (QED) is 0.662. The van der Waals surface area contributed by atoms with Crippen LogP contribution in [-0.2, 0) is 11.3 Å². The molecule has 0 spiro atoms. The van der Waals surface area contributed by atoms with Gasteiger partial charge < -0.3 is 10.1 Å². The summed E-state index contributed by atoms with van der Waals surface area (Å²) in [5.74, 6) is -0.320. The first-order valence-corrected chi connectivity index (χ1v) is 8.24. The zero-order valence-electron chi connectivity index (χ0n) is 13.4. The fraction of sp³-hybridized carbons (Fsp3) is 0.125. The number of tetrazole rings is 1. The van der Waals surface area contributed by atoms with Gasteiger partial charge in [0.25, 0.3) is 0 Å². The Labute approximate surface area is 161 Å². The molecule has 3 aromatic rings. The molecule has 2 aromatic carbocycles. The van der Waals surface area contributed by atoms with Crippen molar-refractivity contribution < 1.29 is 18.3 Å². The second kappa shape index (κ2) is 8.28. The van der Waals surface area contributed by atoms with Crippen molar-refractivity contribution in [2.75, 3.05) is 5.32 Å². The predicted molar refractivity (Wildman–Crippen MR) is 95.0 cm³/mol. The van der Waals surface area contributed by atoms with E-state index < -0.39 is 12.5 Å². The Morgan fingerprint density at radius 3 is 2.74 bits per heavy atom. The van der Waals surface area contributed by atoms with Crippen molar-refractivity contribution in [2.24, 2.45) is 0 Å². The highest BCUT2D eigenvalue weighted by Crippen LogP contribution is 2.29. The minimum atomic E-state index is -2.99. The van der Waals surface area contributed by atoms with Crippen molar-refractivity contribution in [1.29, 1.82) is 0 Å². The number of hydrogen-bond donors (Lipinski definition) is 1. The summed E-state index contributed by atoms with van der Waals surface area (Å²) in [5, 5.41) is 14.8. The second-order valence-electron chi connectivity index (χ2n) is 5.23. The summed E-state index contributed by atoms with van der Waals surface area (Å²) in [6.07, 6.45) is 0. The fourth-order valence-electron chi connectivity index (χ4n) is 2.15. The van der Waals surface area contributed by atoms with Gasteiger partial charge in [0, 0.05) is 16.3 Å². The van der Waals surface area contributed by atoms with Crippen LogP contribution in [0.5, 0.6) is 5.75 Å². The molecule has 0 aliphatic rings. The Kier molecular flexibility index (Phi) is 5.82. The van der Waals surface area contributed by atoms with Crippen LogP contribution in [-0.4, -0.2) is 32.7 Å². The largest absolute Gasteiger partial charge is 0.433 e. The van der Waals surface area contributed by atoms with Crippen molar-refractivity contribution in [3.63, 3.8) is 0 Å². The molecule has 140 valence electrons. The number of nitrogens with zero attached hydrogens (tertiary/aromatic N) is 4. The van der Waals surface area contributed by atoms with E-state index >= 15 is 0 Å². The number of nitrogens with one attached hydrogen (secondary N) is 1. The summed E-state index contributed by atoms with van der Waals surface area (Å²) < 4.78 is 28.7. The van der Waals surface area contributed by atoms with Gasteiger partial charge in [0.2, 0.25) is 11.7 Å². The molecule has 27 heavy (non-hydrogen) atoms. The number of carbonyl (C=O) groups excluding carboxylic acids is 1. The molecule has 11 heteroatoms. The number of aromatic nitrogens is 4. The van der Waals surface area contributed by atoms with E-state index in [0.717, 1.165) is 4.80 Å². The molecule has 0 atom stereocenters. The van der Waals surface area contributed by atoms with Crippen molar-refractivity contribution in [1.82, 2.24) is 20.2 Å². The van der Waals surface area contributed by atoms with Gasteiger partial charge in [0.15, 0.2) is 0 Å². The summed E-state index contributed by atoms with van der Waals surface area (Å²) in [7, 11) is 0. The number of alkyl halides is 2. The zero-order chi connectivity index (χ0) is 19.4. The summed E-state index contributed by atoms with van der Waals surface area (Å²) in [5.41, 5.74) is 0.970. The average molecular weight is 414 g/mol. The molecule has 1 amide bonds. The highest BCUT2D eigenvalue weighted by molar-refractivity contribution is 6.32. The molecule has 0 bridgehead atoms. The van der Waals surface area contributed by atoms with Crippen LogP contribution in [0.15, 0.2) is 42.5 Å². The standard InChI is InChI=1S/C16H11Cl2F2N5O2/c17-10-3-1-2-9(6-10)15-22-24-25(23-15)8-14(26)21-11-4-5-13(12(18)7-11)27-16(19)20/h1-7,16H,8H2,(H,21,26). The Morgan fingerprint density at radius 1 is 1.22 bits per heavy atom. The summed E-state index contributed by atoms with van der Waals surface area (Å²) in [6.45, 7) is -3.20. The van der Waals surface area contributed by atoms with E-state index in [9.17, 15) is 13.6 Å². The van der Waals surface area contributed by atoms with Crippen LogP contribution in [0, 0.1) is 0 Å². The van der Waals surface area contributed by atoms with Crippen molar-refractivity contribution in [3.05, 3.63) is 52.5 Å². The first-order chi connectivity index (χ1) is 12.9. The summed E-state index contributed by atoms with van der Waals surface area (Å²) in [6, 6.07) is 10.8. The van der Waals surface area contributed by atoms with E-state index in [1.807, 2.05) is 0 Å². The lowest BCUT2D eigenvalue weighted by Gasteiger charge is -2.09. The van der Waals surface area contributed by atoms with Gasteiger partial charge in [-0.15, -0.1) is 10.2 Å². The number of ether oxygens (including phenoxy) is 1. The molecule has 0 fully saturated rings. The number of halogens is 4. The fourth-order valence-corrected chi connectivity index (χ4v) is 2.57. The number of hydrogen-bond acceptors (Lipinski definition) is 5. The third-order valence-corrected chi connectivity index (χ3v) is 3.78. The van der Waals surface area contributed by atoms with Crippen LogP contribution in [0.4, 0.5) is 14.5 Å². The Bertz CT molecular complexity index is 967. The lowest BCUT2D eigenvalue weighted by atomic mass is 10.2. The van der Waals surface area contributed by atoms with Crippen LogP contribution >= 0.6 is 23.2 Å². The van der Waals surface area contributed by atoms with E-state index in [4.69, 9.17) is 23.2 Å². The number of carbonyl (C=O) groups is 1. The molecule has 1 heterocycles. The molecule has 1 N–H and O–H groups in total. The normalized spacial score (nSPS) is 10.9. The zero-order valence-corrected chi connectivity index (χ0v) is 15.0. The van der Waals surface area contributed by atoms with Gasteiger partial charge in [-0.2, -0.15) is 13.6 Å². The Balaban J connectivity index is 1.64. The van der Waals surface area contributed by atoms with Crippen molar-refractivity contribution in [3.8, 4) is 17.1 Å². The second-order valence-corrected chi connectivity index (χ2v) is 6.07. The van der Waals surface area contributed by atoms with E-state index in [-0.39, 0.29) is 17.3 Å².